The van der Waals surface area contributed by atoms with E-state index in [4.69, 9.17) is 4.74 Å². The van der Waals surface area contributed by atoms with E-state index in [0.29, 0.717) is 31.6 Å². The lowest BCUT2D eigenvalue weighted by atomic mass is 9.87. The number of aliphatic hydroxyl groups excluding tert-OH is 1. The predicted octanol–water partition coefficient (Wildman–Crippen LogP) is 4.74. The molecule has 5 nitrogen and oxygen atoms in total. The van der Waals surface area contributed by atoms with Crippen molar-refractivity contribution in [1.29, 1.82) is 0 Å². The maximum Gasteiger partial charge on any atom is 0.283 e. The van der Waals surface area contributed by atoms with E-state index >= 15 is 8.78 Å². The van der Waals surface area contributed by atoms with Crippen molar-refractivity contribution in [2.45, 2.75) is 37.8 Å². The fourth-order valence-corrected chi connectivity index (χ4v) is 4.85. The molecule has 0 saturated heterocycles. The number of fused-ring (bicyclic) bond motifs is 3. The SMILES string of the molecule is C[C@@H]1Cc2c([nH]c3ccccc23)C(c2c(F)cc(OCCNCCCF)cc2F)N1CC(F)(F)CO. The van der Waals surface area contributed by atoms with E-state index < -0.39 is 49.5 Å². The van der Waals surface area contributed by atoms with Crippen molar-refractivity contribution < 1.29 is 31.8 Å². The molecule has 2 aromatic carbocycles. The van der Waals surface area contributed by atoms with E-state index in [-0.39, 0.29) is 17.9 Å². The van der Waals surface area contributed by atoms with Crippen LogP contribution < -0.4 is 10.1 Å². The monoisotopic (exact) mass is 511 g/mol. The molecule has 0 saturated carbocycles. The zero-order chi connectivity index (χ0) is 25.9. The van der Waals surface area contributed by atoms with Crippen LogP contribution >= 0.6 is 0 Å². The van der Waals surface area contributed by atoms with Gasteiger partial charge in [-0.05, 0) is 37.9 Å². The number of ether oxygens (including phenoxy) is 1. The number of nitrogens with zero attached hydrogens (tertiary/aromatic N) is 1. The Morgan fingerprint density at radius 2 is 1.89 bits per heavy atom. The normalized spacial score (nSPS) is 18.5. The first kappa shape index (κ1) is 26.4. The number of hydrogen-bond donors (Lipinski definition) is 3. The number of hydrogen-bond acceptors (Lipinski definition) is 4. The topological polar surface area (TPSA) is 60.5 Å². The first-order valence-corrected chi connectivity index (χ1v) is 12.0. The number of aromatic nitrogens is 1. The van der Waals surface area contributed by atoms with Gasteiger partial charge in [-0.1, -0.05) is 18.2 Å². The molecule has 0 spiro atoms. The summed E-state index contributed by atoms with van der Waals surface area (Å²) in [5, 5.41) is 13.0. The first-order chi connectivity index (χ1) is 17.3. The minimum atomic E-state index is -3.46. The van der Waals surface area contributed by atoms with Gasteiger partial charge >= 0.3 is 0 Å². The number of rotatable bonds is 11. The van der Waals surface area contributed by atoms with Gasteiger partial charge in [0, 0.05) is 46.9 Å². The van der Waals surface area contributed by atoms with Crippen LogP contribution in [0.3, 0.4) is 0 Å². The molecule has 0 bridgehead atoms. The van der Waals surface area contributed by atoms with E-state index in [2.05, 4.69) is 10.3 Å². The third-order valence-electron chi connectivity index (χ3n) is 6.52. The highest BCUT2D eigenvalue weighted by atomic mass is 19.3. The molecule has 0 fully saturated rings. The van der Waals surface area contributed by atoms with Gasteiger partial charge in [0.25, 0.3) is 5.92 Å². The van der Waals surface area contributed by atoms with Crippen molar-refractivity contribution in [2.24, 2.45) is 0 Å². The lowest BCUT2D eigenvalue weighted by Gasteiger charge is -2.42. The zero-order valence-corrected chi connectivity index (χ0v) is 20.0. The maximum atomic E-state index is 15.5. The zero-order valence-electron chi connectivity index (χ0n) is 20.0. The van der Waals surface area contributed by atoms with Crippen LogP contribution in [-0.4, -0.2) is 66.5 Å². The number of H-pyrrole nitrogens is 1. The van der Waals surface area contributed by atoms with Crippen LogP contribution in [0.15, 0.2) is 36.4 Å². The largest absolute Gasteiger partial charge is 0.492 e. The fraction of sp³-hybridized carbons (Fsp3) is 0.462. The Hall–Kier alpha value is -2.69. The van der Waals surface area contributed by atoms with Crippen LogP contribution in [0.1, 0.15) is 36.2 Å². The third kappa shape index (κ3) is 5.50. The molecule has 3 aromatic rings. The molecule has 0 radical (unpaired) electrons. The van der Waals surface area contributed by atoms with Crippen LogP contribution in [0.4, 0.5) is 22.0 Å². The Bertz CT molecular complexity index is 1160. The molecule has 0 amide bonds. The molecule has 2 heterocycles. The molecular weight excluding hydrogens is 481 g/mol. The van der Waals surface area contributed by atoms with Gasteiger partial charge in [-0.15, -0.1) is 0 Å². The average Bonchev–Trinajstić information content (AvgIpc) is 3.20. The van der Waals surface area contributed by atoms with Gasteiger partial charge < -0.3 is 20.1 Å². The van der Waals surface area contributed by atoms with Gasteiger partial charge in [-0.3, -0.25) is 9.29 Å². The van der Waals surface area contributed by atoms with Crippen molar-refractivity contribution in [2.75, 3.05) is 39.5 Å². The standard InChI is InChI=1S/C26H30F5N3O2/c1-16-11-19-18-5-2-3-6-22(18)33-24(19)25(34(16)14-26(30,31)15-35)23-20(28)12-17(13-21(23)29)36-10-9-32-8-4-7-27/h2-3,5-6,12-13,16,25,32-33,35H,4,7-11,14-15H2,1H3/t16-,25?/m1/s1. The second-order valence-electron chi connectivity index (χ2n) is 9.15. The van der Waals surface area contributed by atoms with Gasteiger partial charge in [0.05, 0.1) is 19.3 Å². The molecule has 3 N–H and O–H groups in total. The summed E-state index contributed by atoms with van der Waals surface area (Å²) >= 11 is 0. The summed E-state index contributed by atoms with van der Waals surface area (Å²) in [6, 6.07) is 7.83. The Balaban J connectivity index is 1.70. The lowest BCUT2D eigenvalue weighted by molar-refractivity contribution is -0.0869. The maximum absolute atomic E-state index is 15.5. The number of aliphatic hydroxyl groups is 1. The number of halogens is 5. The van der Waals surface area contributed by atoms with Crippen LogP contribution in [0.2, 0.25) is 0 Å². The van der Waals surface area contributed by atoms with Crippen molar-refractivity contribution in [3.8, 4) is 5.75 Å². The predicted molar refractivity (Wildman–Crippen MR) is 127 cm³/mol. The van der Waals surface area contributed by atoms with Crippen molar-refractivity contribution in [3.05, 3.63) is 64.9 Å². The molecule has 1 aliphatic rings. The fourth-order valence-electron chi connectivity index (χ4n) is 4.85. The highest BCUT2D eigenvalue weighted by molar-refractivity contribution is 5.85. The second kappa shape index (κ2) is 11.1. The summed E-state index contributed by atoms with van der Waals surface area (Å²) < 4.78 is 77.3. The van der Waals surface area contributed by atoms with Gasteiger partial charge in [-0.25, -0.2) is 17.6 Å². The molecule has 1 aliphatic heterocycles. The van der Waals surface area contributed by atoms with Gasteiger partial charge in [0.2, 0.25) is 0 Å². The molecule has 4 rings (SSSR count). The summed E-state index contributed by atoms with van der Waals surface area (Å²) in [4.78, 5) is 4.54. The Morgan fingerprint density at radius 3 is 2.58 bits per heavy atom. The summed E-state index contributed by atoms with van der Waals surface area (Å²) in [5.41, 5.74) is 1.66. The molecule has 2 atom stereocenters. The van der Waals surface area contributed by atoms with Gasteiger partial charge in [0.1, 0.15) is 30.6 Å². The minimum Gasteiger partial charge on any atom is -0.492 e. The molecule has 1 unspecified atom stereocenters. The third-order valence-corrected chi connectivity index (χ3v) is 6.52. The number of nitrogens with one attached hydrogen (secondary N) is 2. The molecule has 0 aliphatic carbocycles. The highest BCUT2D eigenvalue weighted by Gasteiger charge is 2.43. The number of aromatic amines is 1. The van der Waals surface area contributed by atoms with Gasteiger partial charge in [-0.2, -0.15) is 0 Å². The lowest BCUT2D eigenvalue weighted by Crippen LogP contribution is -2.49. The first-order valence-electron chi connectivity index (χ1n) is 12.0. The summed E-state index contributed by atoms with van der Waals surface area (Å²) in [5.74, 6) is -5.33. The molecule has 1 aromatic heterocycles. The van der Waals surface area contributed by atoms with Crippen LogP contribution in [0.5, 0.6) is 5.75 Å². The minimum absolute atomic E-state index is 0.0333. The highest BCUT2D eigenvalue weighted by Crippen LogP contribution is 2.43. The van der Waals surface area contributed by atoms with E-state index in [0.717, 1.165) is 28.6 Å². The number of para-hydroxylation sites is 1. The van der Waals surface area contributed by atoms with Gasteiger partial charge in [0.15, 0.2) is 0 Å². The van der Waals surface area contributed by atoms with E-state index in [9.17, 15) is 18.3 Å². The Labute approximate surface area is 206 Å². The molecule has 196 valence electrons. The number of benzene rings is 2. The molecular formula is C26H30F5N3O2. The molecule has 10 heteroatoms. The average molecular weight is 512 g/mol. The van der Waals surface area contributed by atoms with Crippen molar-refractivity contribution in [3.63, 3.8) is 0 Å². The van der Waals surface area contributed by atoms with E-state index in [1.807, 2.05) is 24.3 Å². The summed E-state index contributed by atoms with van der Waals surface area (Å²) in [6.45, 7) is -0.00719. The molecule has 36 heavy (non-hydrogen) atoms. The van der Waals surface area contributed by atoms with Crippen LogP contribution in [-0.2, 0) is 6.42 Å². The quantitative estimate of drug-likeness (QED) is 0.257. The number of alkyl halides is 3. The summed E-state index contributed by atoms with van der Waals surface area (Å²) in [6.07, 6.45) is 0.760. The van der Waals surface area contributed by atoms with Crippen molar-refractivity contribution >= 4 is 10.9 Å². The summed E-state index contributed by atoms with van der Waals surface area (Å²) in [7, 11) is 0. The van der Waals surface area contributed by atoms with E-state index in [1.54, 1.807) is 6.92 Å². The Morgan fingerprint density at radius 1 is 1.17 bits per heavy atom. The van der Waals surface area contributed by atoms with Crippen molar-refractivity contribution in [1.82, 2.24) is 15.2 Å². The smallest absolute Gasteiger partial charge is 0.283 e. The van der Waals surface area contributed by atoms with Crippen LogP contribution in [0, 0.1) is 11.6 Å². The van der Waals surface area contributed by atoms with Crippen LogP contribution in [0.25, 0.3) is 10.9 Å². The Kier molecular flexibility index (Phi) is 8.17. The van der Waals surface area contributed by atoms with E-state index in [1.165, 1.54) is 4.90 Å². The second-order valence-corrected chi connectivity index (χ2v) is 9.15.